The molecular weight excluding hydrogens is 326 g/mol. The smallest absolute Gasteiger partial charge is 0.233 e. The fourth-order valence-corrected chi connectivity index (χ4v) is 4.35. The topological polar surface area (TPSA) is 51.4 Å². The summed E-state index contributed by atoms with van der Waals surface area (Å²) in [5, 5.41) is 8.34. The minimum absolute atomic E-state index is 0.137. The monoisotopic (exact) mass is 355 g/mol. The van der Waals surface area contributed by atoms with Gasteiger partial charge in [0.15, 0.2) is 0 Å². The number of fused-ring (bicyclic) bond motifs is 1. The molecule has 0 N–H and O–H groups in total. The van der Waals surface area contributed by atoms with E-state index in [-0.39, 0.29) is 6.04 Å². The van der Waals surface area contributed by atoms with Gasteiger partial charge < -0.3 is 9.15 Å². The van der Waals surface area contributed by atoms with E-state index in [9.17, 15) is 0 Å². The van der Waals surface area contributed by atoms with E-state index in [0.29, 0.717) is 17.9 Å². The summed E-state index contributed by atoms with van der Waals surface area (Å²) in [6.45, 7) is 6.74. The minimum Gasteiger partial charge on any atom is -0.424 e. The summed E-state index contributed by atoms with van der Waals surface area (Å²) >= 11 is 0. The number of ether oxygens (including phenoxy) is 1. The Morgan fingerprint density at radius 1 is 1.15 bits per heavy atom. The maximum absolute atomic E-state index is 6.27. The first-order chi connectivity index (χ1) is 12.7. The number of benzene rings is 1. The van der Waals surface area contributed by atoms with Crippen LogP contribution in [0.4, 0.5) is 0 Å². The lowest BCUT2D eigenvalue weighted by Crippen LogP contribution is -2.38. The molecule has 0 unspecified atom stereocenters. The summed E-state index contributed by atoms with van der Waals surface area (Å²) in [5.74, 6) is 2.04. The Hall–Kier alpha value is -1.72. The van der Waals surface area contributed by atoms with Crippen LogP contribution < -0.4 is 0 Å². The SMILES string of the molecule is Cc1nnc([C@@H]2Cc3ccccc3CN2CCO[C@@H]2CCCC[C@H]2C)o1. The van der Waals surface area contributed by atoms with Gasteiger partial charge in [0.2, 0.25) is 11.8 Å². The van der Waals surface area contributed by atoms with E-state index in [1.54, 1.807) is 0 Å². The van der Waals surface area contributed by atoms with Crippen molar-refractivity contribution >= 4 is 0 Å². The molecule has 5 heteroatoms. The highest BCUT2D eigenvalue weighted by atomic mass is 16.5. The Morgan fingerprint density at radius 2 is 1.96 bits per heavy atom. The molecular formula is C21H29N3O2. The van der Waals surface area contributed by atoms with Crippen molar-refractivity contribution in [2.45, 2.75) is 64.6 Å². The van der Waals surface area contributed by atoms with Gasteiger partial charge in [-0.1, -0.05) is 44.0 Å². The molecule has 1 aliphatic heterocycles. The van der Waals surface area contributed by atoms with Gasteiger partial charge in [-0.15, -0.1) is 10.2 Å². The summed E-state index contributed by atoms with van der Waals surface area (Å²) in [4.78, 5) is 2.43. The van der Waals surface area contributed by atoms with Crippen LogP contribution in [0.2, 0.25) is 0 Å². The van der Waals surface area contributed by atoms with Crippen LogP contribution in [-0.4, -0.2) is 34.4 Å². The molecule has 4 rings (SSSR count). The van der Waals surface area contributed by atoms with Crippen molar-refractivity contribution in [3.05, 3.63) is 47.2 Å². The average Bonchev–Trinajstić information content (AvgIpc) is 3.09. The number of hydrogen-bond acceptors (Lipinski definition) is 5. The normalized spacial score (nSPS) is 26.6. The van der Waals surface area contributed by atoms with E-state index in [2.05, 4.69) is 46.3 Å². The van der Waals surface area contributed by atoms with Crippen LogP contribution in [0, 0.1) is 12.8 Å². The molecule has 1 fully saturated rings. The summed E-state index contributed by atoms with van der Waals surface area (Å²) < 4.78 is 12.0. The van der Waals surface area contributed by atoms with Gasteiger partial charge in [0, 0.05) is 20.0 Å². The minimum atomic E-state index is 0.137. The quantitative estimate of drug-likeness (QED) is 0.809. The Bertz CT molecular complexity index is 730. The van der Waals surface area contributed by atoms with Crippen molar-refractivity contribution in [3.63, 3.8) is 0 Å². The number of rotatable bonds is 5. The van der Waals surface area contributed by atoms with Crippen LogP contribution in [0.25, 0.3) is 0 Å². The molecule has 0 radical (unpaired) electrons. The van der Waals surface area contributed by atoms with Crippen molar-refractivity contribution in [1.29, 1.82) is 0 Å². The molecule has 1 aromatic heterocycles. The number of nitrogens with zero attached hydrogens (tertiary/aromatic N) is 3. The highest BCUT2D eigenvalue weighted by molar-refractivity contribution is 5.30. The van der Waals surface area contributed by atoms with E-state index in [1.165, 1.54) is 36.8 Å². The highest BCUT2D eigenvalue weighted by Crippen LogP contribution is 2.33. The fourth-order valence-electron chi connectivity index (χ4n) is 4.35. The zero-order valence-corrected chi connectivity index (χ0v) is 15.9. The molecule has 0 spiro atoms. The van der Waals surface area contributed by atoms with Gasteiger partial charge in [0.1, 0.15) is 0 Å². The number of hydrogen-bond donors (Lipinski definition) is 0. The van der Waals surface area contributed by atoms with Crippen LogP contribution in [0.3, 0.4) is 0 Å². The first-order valence-corrected chi connectivity index (χ1v) is 9.93. The van der Waals surface area contributed by atoms with Gasteiger partial charge in [-0.2, -0.15) is 0 Å². The second-order valence-corrected chi connectivity index (χ2v) is 7.79. The maximum atomic E-state index is 6.27. The predicted octanol–water partition coefficient (Wildman–Crippen LogP) is 4.07. The van der Waals surface area contributed by atoms with Crippen LogP contribution >= 0.6 is 0 Å². The van der Waals surface area contributed by atoms with Crippen molar-refractivity contribution in [1.82, 2.24) is 15.1 Å². The Labute approximate surface area is 155 Å². The van der Waals surface area contributed by atoms with Crippen molar-refractivity contribution in [2.24, 2.45) is 5.92 Å². The molecule has 0 amide bonds. The lowest BCUT2D eigenvalue weighted by atomic mass is 9.88. The zero-order valence-electron chi connectivity index (χ0n) is 15.9. The summed E-state index contributed by atoms with van der Waals surface area (Å²) in [7, 11) is 0. The second-order valence-electron chi connectivity index (χ2n) is 7.79. The molecule has 1 aliphatic carbocycles. The molecule has 0 saturated heterocycles. The third kappa shape index (κ3) is 3.84. The van der Waals surface area contributed by atoms with Gasteiger partial charge in [-0.3, -0.25) is 4.90 Å². The molecule has 26 heavy (non-hydrogen) atoms. The number of aromatic nitrogens is 2. The molecule has 2 aromatic rings. The Balaban J connectivity index is 1.45. The molecule has 0 bridgehead atoms. The fraction of sp³-hybridized carbons (Fsp3) is 0.619. The van der Waals surface area contributed by atoms with Crippen LogP contribution in [0.5, 0.6) is 0 Å². The molecule has 2 aliphatic rings. The number of aryl methyl sites for hydroxylation is 1. The third-order valence-electron chi connectivity index (χ3n) is 5.92. The maximum Gasteiger partial charge on any atom is 0.233 e. The Kier molecular flexibility index (Phi) is 5.36. The van der Waals surface area contributed by atoms with E-state index in [4.69, 9.17) is 9.15 Å². The second kappa shape index (κ2) is 7.89. The summed E-state index contributed by atoms with van der Waals surface area (Å²) in [5.41, 5.74) is 2.78. The highest BCUT2D eigenvalue weighted by Gasteiger charge is 2.31. The average molecular weight is 355 g/mol. The van der Waals surface area contributed by atoms with Gasteiger partial charge in [0.25, 0.3) is 0 Å². The Morgan fingerprint density at radius 3 is 2.73 bits per heavy atom. The molecule has 2 heterocycles. The molecule has 5 nitrogen and oxygen atoms in total. The summed E-state index contributed by atoms with van der Waals surface area (Å²) in [6.07, 6.45) is 6.49. The molecule has 3 atom stereocenters. The first kappa shape index (κ1) is 17.7. The van der Waals surface area contributed by atoms with Crippen LogP contribution in [0.15, 0.2) is 28.7 Å². The predicted molar refractivity (Wildman–Crippen MR) is 99.7 cm³/mol. The molecule has 1 aromatic carbocycles. The van der Waals surface area contributed by atoms with Crippen molar-refractivity contribution in [3.8, 4) is 0 Å². The van der Waals surface area contributed by atoms with E-state index < -0.39 is 0 Å². The van der Waals surface area contributed by atoms with Gasteiger partial charge in [-0.05, 0) is 36.3 Å². The first-order valence-electron chi connectivity index (χ1n) is 9.93. The van der Waals surface area contributed by atoms with E-state index in [0.717, 1.165) is 32.0 Å². The van der Waals surface area contributed by atoms with E-state index in [1.807, 2.05) is 6.92 Å². The van der Waals surface area contributed by atoms with E-state index >= 15 is 0 Å². The lowest BCUT2D eigenvalue weighted by Gasteiger charge is -2.36. The van der Waals surface area contributed by atoms with Crippen LogP contribution in [0.1, 0.15) is 61.6 Å². The van der Waals surface area contributed by atoms with Gasteiger partial charge in [-0.25, -0.2) is 0 Å². The van der Waals surface area contributed by atoms with Gasteiger partial charge in [0.05, 0.1) is 18.8 Å². The largest absolute Gasteiger partial charge is 0.424 e. The molecule has 1 saturated carbocycles. The van der Waals surface area contributed by atoms with Crippen molar-refractivity contribution in [2.75, 3.05) is 13.2 Å². The standard InChI is InChI=1S/C21H29N3O2/c1-15-7-3-6-10-20(15)25-12-11-24-14-18-9-5-4-8-17(18)13-19(24)21-23-22-16(2)26-21/h4-5,8-9,15,19-20H,3,6-7,10-14H2,1-2H3/t15-,19+,20-/m1/s1. The third-order valence-corrected chi connectivity index (χ3v) is 5.92. The molecule has 140 valence electrons. The van der Waals surface area contributed by atoms with Gasteiger partial charge >= 0.3 is 0 Å². The lowest BCUT2D eigenvalue weighted by molar-refractivity contribution is -0.0216. The van der Waals surface area contributed by atoms with Crippen LogP contribution in [-0.2, 0) is 17.7 Å². The zero-order chi connectivity index (χ0) is 17.9. The van der Waals surface area contributed by atoms with Crippen molar-refractivity contribution < 1.29 is 9.15 Å². The summed E-state index contributed by atoms with van der Waals surface area (Å²) in [6, 6.07) is 8.80.